The SMILES string of the molecule is O=C1C=C(c2cc(F)cc(F)c2)CCCC1. The zero-order valence-corrected chi connectivity index (χ0v) is 8.80. The molecule has 3 heteroatoms. The fraction of sp³-hybridized carbons (Fsp3) is 0.308. The lowest BCUT2D eigenvalue weighted by atomic mass is 10.0. The van der Waals surface area contributed by atoms with E-state index in [0.29, 0.717) is 18.4 Å². The second-order valence-corrected chi connectivity index (χ2v) is 4.00. The quantitative estimate of drug-likeness (QED) is 0.710. The summed E-state index contributed by atoms with van der Waals surface area (Å²) in [5, 5.41) is 0. The van der Waals surface area contributed by atoms with Crippen molar-refractivity contribution in [2.45, 2.75) is 25.7 Å². The van der Waals surface area contributed by atoms with E-state index in [9.17, 15) is 13.6 Å². The molecule has 1 aliphatic carbocycles. The number of hydrogen-bond donors (Lipinski definition) is 0. The zero-order chi connectivity index (χ0) is 11.5. The van der Waals surface area contributed by atoms with Crippen molar-refractivity contribution in [1.29, 1.82) is 0 Å². The first-order chi connectivity index (χ1) is 7.65. The average Bonchev–Trinajstić information content (AvgIpc) is 2.41. The van der Waals surface area contributed by atoms with Crippen LogP contribution in [0.4, 0.5) is 8.78 Å². The van der Waals surface area contributed by atoms with E-state index in [4.69, 9.17) is 0 Å². The largest absolute Gasteiger partial charge is 0.295 e. The van der Waals surface area contributed by atoms with Gasteiger partial charge in [0.15, 0.2) is 5.78 Å². The van der Waals surface area contributed by atoms with Crippen LogP contribution in [0.15, 0.2) is 24.3 Å². The number of halogens is 2. The predicted molar refractivity (Wildman–Crippen MR) is 57.8 cm³/mol. The number of ketones is 1. The molecular formula is C13H12F2O. The molecule has 0 unspecified atom stereocenters. The lowest BCUT2D eigenvalue weighted by Crippen LogP contribution is -1.92. The molecule has 0 amide bonds. The smallest absolute Gasteiger partial charge is 0.155 e. The summed E-state index contributed by atoms with van der Waals surface area (Å²) < 4.78 is 26.1. The fourth-order valence-corrected chi connectivity index (χ4v) is 1.92. The lowest BCUT2D eigenvalue weighted by molar-refractivity contribution is -0.114. The van der Waals surface area contributed by atoms with Crippen LogP contribution in [0.2, 0.25) is 0 Å². The predicted octanol–water partition coefficient (Wildman–Crippen LogP) is 3.49. The minimum atomic E-state index is -0.604. The number of allylic oxidation sites excluding steroid dienone is 2. The van der Waals surface area contributed by atoms with Gasteiger partial charge in [0, 0.05) is 12.5 Å². The molecule has 2 rings (SSSR count). The highest BCUT2D eigenvalue weighted by Gasteiger charge is 2.11. The number of hydrogen-bond acceptors (Lipinski definition) is 1. The van der Waals surface area contributed by atoms with Gasteiger partial charge in [-0.3, -0.25) is 4.79 Å². The molecule has 0 aliphatic heterocycles. The molecular weight excluding hydrogens is 210 g/mol. The van der Waals surface area contributed by atoms with Crippen molar-refractivity contribution in [3.8, 4) is 0 Å². The fourth-order valence-electron chi connectivity index (χ4n) is 1.92. The molecule has 0 heterocycles. The van der Waals surface area contributed by atoms with Crippen LogP contribution in [0.1, 0.15) is 31.2 Å². The van der Waals surface area contributed by atoms with E-state index in [1.165, 1.54) is 18.2 Å². The zero-order valence-electron chi connectivity index (χ0n) is 8.80. The van der Waals surface area contributed by atoms with Gasteiger partial charge >= 0.3 is 0 Å². The van der Waals surface area contributed by atoms with Crippen molar-refractivity contribution >= 4 is 11.4 Å². The molecule has 0 radical (unpaired) electrons. The molecule has 0 spiro atoms. The number of benzene rings is 1. The molecule has 1 aromatic carbocycles. The number of rotatable bonds is 1. The van der Waals surface area contributed by atoms with Crippen LogP contribution in [0.25, 0.3) is 5.57 Å². The summed E-state index contributed by atoms with van der Waals surface area (Å²) >= 11 is 0. The monoisotopic (exact) mass is 222 g/mol. The highest BCUT2D eigenvalue weighted by atomic mass is 19.1. The third kappa shape index (κ3) is 2.54. The molecule has 0 saturated carbocycles. The first-order valence-corrected chi connectivity index (χ1v) is 5.35. The van der Waals surface area contributed by atoms with E-state index in [2.05, 4.69) is 0 Å². The maximum absolute atomic E-state index is 13.0. The van der Waals surface area contributed by atoms with Crippen molar-refractivity contribution in [2.75, 3.05) is 0 Å². The maximum Gasteiger partial charge on any atom is 0.155 e. The first kappa shape index (κ1) is 11.0. The normalized spacial score (nSPS) is 16.9. The molecule has 0 bridgehead atoms. The third-order valence-electron chi connectivity index (χ3n) is 2.69. The van der Waals surface area contributed by atoms with Crippen molar-refractivity contribution in [3.63, 3.8) is 0 Å². The summed E-state index contributed by atoms with van der Waals surface area (Å²) in [7, 11) is 0. The summed E-state index contributed by atoms with van der Waals surface area (Å²) in [6, 6.07) is 3.38. The highest BCUT2D eigenvalue weighted by molar-refractivity contribution is 5.97. The molecule has 0 aromatic heterocycles. The van der Waals surface area contributed by atoms with Gasteiger partial charge in [-0.15, -0.1) is 0 Å². The van der Waals surface area contributed by atoms with E-state index in [1.807, 2.05) is 0 Å². The molecule has 0 fully saturated rings. The Morgan fingerprint density at radius 2 is 1.56 bits per heavy atom. The van der Waals surface area contributed by atoms with Crippen molar-refractivity contribution in [2.24, 2.45) is 0 Å². The van der Waals surface area contributed by atoms with Crippen LogP contribution in [0.3, 0.4) is 0 Å². The van der Waals surface area contributed by atoms with Gasteiger partial charge in [-0.25, -0.2) is 8.78 Å². The van der Waals surface area contributed by atoms with Crippen LogP contribution in [0, 0.1) is 11.6 Å². The Morgan fingerprint density at radius 1 is 0.938 bits per heavy atom. The molecule has 0 saturated heterocycles. The second kappa shape index (κ2) is 4.56. The van der Waals surface area contributed by atoms with Crippen molar-refractivity contribution in [1.82, 2.24) is 0 Å². The van der Waals surface area contributed by atoms with Crippen molar-refractivity contribution in [3.05, 3.63) is 41.5 Å². The Morgan fingerprint density at radius 3 is 2.25 bits per heavy atom. The van der Waals surface area contributed by atoms with Gasteiger partial charge in [0.1, 0.15) is 11.6 Å². The first-order valence-electron chi connectivity index (χ1n) is 5.35. The summed E-state index contributed by atoms with van der Waals surface area (Å²) in [6.07, 6.45) is 4.48. The Balaban J connectivity index is 2.38. The van der Waals surface area contributed by atoms with E-state index in [0.717, 1.165) is 24.5 Å². The Kier molecular flexibility index (Phi) is 3.13. The molecule has 0 N–H and O–H groups in total. The highest BCUT2D eigenvalue weighted by Crippen LogP contribution is 2.25. The molecule has 1 aromatic rings. The van der Waals surface area contributed by atoms with Crippen LogP contribution in [-0.4, -0.2) is 5.78 Å². The molecule has 16 heavy (non-hydrogen) atoms. The Hall–Kier alpha value is -1.51. The van der Waals surface area contributed by atoms with Gasteiger partial charge in [-0.2, -0.15) is 0 Å². The summed E-state index contributed by atoms with van der Waals surface area (Å²) in [5.74, 6) is -1.17. The van der Waals surface area contributed by atoms with Crippen LogP contribution >= 0.6 is 0 Å². The molecule has 1 nitrogen and oxygen atoms in total. The number of carbonyl (C=O) groups excluding carboxylic acids is 1. The van der Waals surface area contributed by atoms with Gasteiger partial charge in [0.05, 0.1) is 0 Å². The molecule has 84 valence electrons. The number of carbonyl (C=O) groups is 1. The third-order valence-corrected chi connectivity index (χ3v) is 2.69. The van der Waals surface area contributed by atoms with Gasteiger partial charge in [0.2, 0.25) is 0 Å². The summed E-state index contributed by atoms with van der Waals surface area (Å²) in [5.41, 5.74) is 1.22. The second-order valence-electron chi connectivity index (χ2n) is 4.00. The Bertz CT molecular complexity index is 429. The average molecular weight is 222 g/mol. The summed E-state index contributed by atoms with van der Waals surface area (Å²) in [6.45, 7) is 0. The standard InChI is InChI=1S/C13H12F2O/c14-11-5-10(6-12(15)8-11)9-3-1-2-4-13(16)7-9/h5-8H,1-4H2. The van der Waals surface area contributed by atoms with E-state index in [1.54, 1.807) is 0 Å². The summed E-state index contributed by atoms with van der Waals surface area (Å²) in [4.78, 5) is 11.4. The molecule has 0 atom stereocenters. The Labute approximate surface area is 92.8 Å². The minimum absolute atomic E-state index is 0.0390. The van der Waals surface area contributed by atoms with Gasteiger partial charge in [-0.05, 0) is 48.6 Å². The van der Waals surface area contributed by atoms with Gasteiger partial charge < -0.3 is 0 Å². The van der Waals surface area contributed by atoms with Gasteiger partial charge in [0.25, 0.3) is 0 Å². The van der Waals surface area contributed by atoms with Crippen LogP contribution < -0.4 is 0 Å². The molecule has 1 aliphatic rings. The minimum Gasteiger partial charge on any atom is -0.295 e. The van der Waals surface area contributed by atoms with Crippen LogP contribution in [0.5, 0.6) is 0 Å². The van der Waals surface area contributed by atoms with E-state index >= 15 is 0 Å². The topological polar surface area (TPSA) is 17.1 Å². The van der Waals surface area contributed by atoms with Gasteiger partial charge in [-0.1, -0.05) is 0 Å². The van der Waals surface area contributed by atoms with Crippen molar-refractivity contribution < 1.29 is 13.6 Å². The lowest BCUT2D eigenvalue weighted by Gasteiger charge is -2.05. The van der Waals surface area contributed by atoms with E-state index in [-0.39, 0.29) is 5.78 Å². The maximum atomic E-state index is 13.0. The van der Waals surface area contributed by atoms with E-state index < -0.39 is 11.6 Å². The van der Waals surface area contributed by atoms with Crippen LogP contribution in [-0.2, 0) is 4.79 Å².